The van der Waals surface area contributed by atoms with E-state index < -0.39 is 0 Å². The molecule has 25 heavy (non-hydrogen) atoms. The molecule has 0 aromatic heterocycles. The summed E-state index contributed by atoms with van der Waals surface area (Å²) >= 11 is 0. The molecule has 0 spiro atoms. The first kappa shape index (κ1) is 19.4. The molecule has 0 unspecified atom stereocenters. The zero-order valence-corrected chi connectivity index (χ0v) is 15.4. The molecule has 1 aliphatic rings. The number of carbonyl (C=O) groups excluding carboxylic acids is 1. The Kier molecular flexibility index (Phi) is 7.41. The van der Waals surface area contributed by atoms with Crippen LogP contribution in [0.5, 0.6) is 5.75 Å². The van der Waals surface area contributed by atoms with Crippen LogP contribution in [0.2, 0.25) is 0 Å². The zero-order chi connectivity index (χ0) is 18.2. The van der Waals surface area contributed by atoms with E-state index in [1.54, 1.807) is 6.08 Å². The highest BCUT2D eigenvalue weighted by Gasteiger charge is 2.22. The second-order valence-corrected chi connectivity index (χ2v) is 6.90. The molecular formula is C21H29NO3. The smallest absolute Gasteiger partial charge is 0.340 e. The van der Waals surface area contributed by atoms with Gasteiger partial charge in [0.15, 0.2) is 0 Å². The average molecular weight is 343 g/mol. The van der Waals surface area contributed by atoms with Crippen molar-refractivity contribution in [1.29, 1.82) is 0 Å². The van der Waals surface area contributed by atoms with Crippen LogP contribution < -0.4 is 4.74 Å². The highest BCUT2D eigenvalue weighted by atomic mass is 16.5. The van der Waals surface area contributed by atoms with Gasteiger partial charge in [-0.25, -0.2) is 4.79 Å². The molecule has 1 aromatic carbocycles. The van der Waals surface area contributed by atoms with Crippen molar-refractivity contribution in [3.05, 3.63) is 54.6 Å². The lowest BCUT2D eigenvalue weighted by Gasteiger charge is -2.28. The van der Waals surface area contributed by atoms with E-state index in [4.69, 9.17) is 9.47 Å². The maximum Gasteiger partial charge on any atom is 0.340 e. The molecule has 0 amide bonds. The summed E-state index contributed by atoms with van der Waals surface area (Å²) in [6.45, 7) is 8.60. The molecule has 1 saturated carbocycles. The van der Waals surface area contributed by atoms with E-state index in [-0.39, 0.29) is 5.97 Å². The first-order chi connectivity index (χ1) is 12.0. The van der Waals surface area contributed by atoms with Crippen LogP contribution in [0, 0.1) is 0 Å². The van der Waals surface area contributed by atoms with Gasteiger partial charge in [-0.1, -0.05) is 24.8 Å². The number of ether oxygens (including phenoxy) is 2. The van der Waals surface area contributed by atoms with Gasteiger partial charge in [0.05, 0.1) is 12.7 Å². The first-order valence-electron chi connectivity index (χ1n) is 8.86. The van der Waals surface area contributed by atoms with Crippen LogP contribution in [-0.2, 0) is 9.53 Å². The Morgan fingerprint density at radius 1 is 1.20 bits per heavy atom. The predicted molar refractivity (Wildman–Crippen MR) is 101 cm³/mol. The van der Waals surface area contributed by atoms with Crippen molar-refractivity contribution in [3.63, 3.8) is 0 Å². The number of hydrogen-bond acceptors (Lipinski definition) is 4. The van der Waals surface area contributed by atoms with Gasteiger partial charge in [0.25, 0.3) is 0 Å². The third-order valence-electron chi connectivity index (χ3n) is 4.48. The van der Waals surface area contributed by atoms with Crippen molar-refractivity contribution >= 4 is 5.97 Å². The topological polar surface area (TPSA) is 38.8 Å². The van der Waals surface area contributed by atoms with Crippen LogP contribution in [0.1, 0.15) is 37.2 Å². The standard InChI is InChI=1S/C21H29NO3/c1-5-14-24-19-10-6-17(7-11-19)18-8-12-20(13-9-18)25-21(23)16(2)15-22(3)4/h5,8-9,12-13,17,19H,1-2,6-7,10-11,14-15H2,3-4H3. The van der Waals surface area contributed by atoms with Gasteiger partial charge in [0, 0.05) is 12.1 Å². The Morgan fingerprint density at radius 2 is 1.84 bits per heavy atom. The van der Waals surface area contributed by atoms with Gasteiger partial charge in [-0.15, -0.1) is 6.58 Å². The van der Waals surface area contributed by atoms with Gasteiger partial charge in [-0.05, 0) is 63.4 Å². The van der Waals surface area contributed by atoms with Crippen molar-refractivity contribution in [2.45, 2.75) is 37.7 Å². The lowest BCUT2D eigenvalue weighted by atomic mass is 9.83. The van der Waals surface area contributed by atoms with Crippen LogP contribution in [0.15, 0.2) is 49.1 Å². The van der Waals surface area contributed by atoms with E-state index >= 15 is 0 Å². The fraction of sp³-hybridized carbons (Fsp3) is 0.476. The molecule has 0 radical (unpaired) electrons. The fourth-order valence-corrected chi connectivity index (χ4v) is 3.20. The van der Waals surface area contributed by atoms with E-state index in [0.717, 1.165) is 25.7 Å². The van der Waals surface area contributed by atoms with Gasteiger partial charge in [0.1, 0.15) is 5.75 Å². The molecule has 136 valence electrons. The molecule has 1 aromatic rings. The molecule has 1 fully saturated rings. The molecule has 0 N–H and O–H groups in total. The number of carbonyl (C=O) groups is 1. The van der Waals surface area contributed by atoms with E-state index in [0.29, 0.717) is 36.5 Å². The number of esters is 1. The molecule has 4 heteroatoms. The summed E-state index contributed by atoms with van der Waals surface area (Å²) in [5.74, 6) is 0.745. The lowest BCUT2D eigenvalue weighted by molar-refractivity contribution is -0.130. The molecule has 0 aliphatic heterocycles. The normalized spacial score (nSPS) is 20.3. The Bertz CT molecular complexity index is 584. The number of nitrogens with zero attached hydrogens (tertiary/aromatic N) is 1. The SMILES string of the molecule is C=CCOC1CCC(c2ccc(OC(=O)C(=C)CN(C)C)cc2)CC1. The third-order valence-corrected chi connectivity index (χ3v) is 4.48. The van der Waals surface area contributed by atoms with Crippen molar-refractivity contribution < 1.29 is 14.3 Å². The van der Waals surface area contributed by atoms with E-state index in [1.165, 1.54) is 5.56 Å². The Morgan fingerprint density at radius 3 is 2.40 bits per heavy atom. The Balaban J connectivity index is 1.85. The van der Waals surface area contributed by atoms with Gasteiger partial charge in [-0.3, -0.25) is 0 Å². The Hall–Kier alpha value is -1.91. The van der Waals surface area contributed by atoms with E-state index in [1.807, 2.05) is 31.1 Å². The predicted octanol–water partition coefficient (Wildman–Crippen LogP) is 3.94. The minimum absolute atomic E-state index is 0.359. The maximum atomic E-state index is 12.0. The van der Waals surface area contributed by atoms with E-state index in [9.17, 15) is 4.79 Å². The molecule has 0 bridgehead atoms. The molecular weight excluding hydrogens is 314 g/mol. The van der Waals surface area contributed by atoms with Crippen LogP contribution in [0.4, 0.5) is 0 Å². The monoisotopic (exact) mass is 343 g/mol. The van der Waals surface area contributed by atoms with E-state index in [2.05, 4.69) is 25.3 Å². The number of rotatable bonds is 8. The van der Waals surface area contributed by atoms with Gasteiger partial charge >= 0.3 is 5.97 Å². The van der Waals surface area contributed by atoms with Gasteiger partial charge in [-0.2, -0.15) is 0 Å². The molecule has 0 atom stereocenters. The Labute approximate surface area is 151 Å². The van der Waals surface area contributed by atoms with Crippen LogP contribution >= 0.6 is 0 Å². The lowest BCUT2D eigenvalue weighted by Crippen LogP contribution is -2.22. The summed E-state index contributed by atoms with van der Waals surface area (Å²) in [7, 11) is 3.79. The highest BCUT2D eigenvalue weighted by Crippen LogP contribution is 2.34. The minimum Gasteiger partial charge on any atom is -0.423 e. The molecule has 2 rings (SSSR count). The molecule has 4 nitrogen and oxygen atoms in total. The summed E-state index contributed by atoms with van der Waals surface area (Å²) in [5.41, 5.74) is 1.75. The number of likely N-dealkylation sites (N-methyl/N-ethyl adjacent to an activating group) is 1. The molecule has 0 heterocycles. The van der Waals surface area contributed by atoms with Gasteiger partial charge < -0.3 is 14.4 Å². The number of hydrogen-bond donors (Lipinski definition) is 0. The minimum atomic E-state index is -0.374. The maximum absolute atomic E-state index is 12.0. The molecule has 0 saturated heterocycles. The van der Waals surface area contributed by atoms with Crippen molar-refractivity contribution in [2.75, 3.05) is 27.2 Å². The van der Waals surface area contributed by atoms with Crippen molar-refractivity contribution in [3.8, 4) is 5.75 Å². The van der Waals surface area contributed by atoms with Crippen LogP contribution in [0.25, 0.3) is 0 Å². The highest BCUT2D eigenvalue weighted by molar-refractivity contribution is 5.89. The van der Waals surface area contributed by atoms with Gasteiger partial charge in [0.2, 0.25) is 0 Å². The second kappa shape index (κ2) is 9.54. The molecule has 1 aliphatic carbocycles. The summed E-state index contributed by atoms with van der Waals surface area (Å²) in [4.78, 5) is 13.9. The third kappa shape index (κ3) is 6.15. The number of benzene rings is 1. The average Bonchev–Trinajstić information content (AvgIpc) is 2.60. The summed E-state index contributed by atoms with van der Waals surface area (Å²) in [6, 6.07) is 7.87. The fourth-order valence-electron chi connectivity index (χ4n) is 3.20. The van der Waals surface area contributed by atoms with Crippen LogP contribution in [0.3, 0.4) is 0 Å². The zero-order valence-electron chi connectivity index (χ0n) is 15.4. The quantitative estimate of drug-likeness (QED) is 0.310. The second-order valence-electron chi connectivity index (χ2n) is 6.90. The summed E-state index contributed by atoms with van der Waals surface area (Å²) in [6.07, 6.45) is 6.58. The van der Waals surface area contributed by atoms with Crippen molar-refractivity contribution in [1.82, 2.24) is 4.90 Å². The summed E-state index contributed by atoms with van der Waals surface area (Å²) in [5, 5.41) is 0. The van der Waals surface area contributed by atoms with Crippen LogP contribution in [-0.4, -0.2) is 44.2 Å². The largest absolute Gasteiger partial charge is 0.423 e. The first-order valence-corrected chi connectivity index (χ1v) is 8.86. The summed E-state index contributed by atoms with van der Waals surface area (Å²) < 4.78 is 11.1. The van der Waals surface area contributed by atoms with Crippen molar-refractivity contribution in [2.24, 2.45) is 0 Å².